The van der Waals surface area contributed by atoms with Gasteiger partial charge in [0.25, 0.3) is 5.91 Å². The third kappa shape index (κ3) is 2.98. The normalized spacial score (nSPS) is 19.7. The molecule has 0 spiro atoms. The second-order valence-corrected chi connectivity index (χ2v) is 8.86. The molecule has 0 N–H and O–H groups in total. The Hall–Kier alpha value is -3.62. The van der Waals surface area contributed by atoms with Crippen LogP contribution >= 0.6 is 0 Å². The van der Waals surface area contributed by atoms with Crippen LogP contribution in [-0.2, 0) is 20.5 Å². The van der Waals surface area contributed by atoms with Crippen LogP contribution < -0.4 is 0 Å². The molecule has 7 nitrogen and oxygen atoms in total. The maximum Gasteiger partial charge on any atom is 0.275 e. The zero-order valence-corrected chi connectivity index (χ0v) is 18.3. The van der Waals surface area contributed by atoms with E-state index in [0.717, 1.165) is 42.0 Å². The molecule has 1 saturated heterocycles. The second-order valence-electron chi connectivity index (χ2n) is 8.86. The first kappa shape index (κ1) is 20.0. The predicted octanol–water partition coefficient (Wildman–Crippen LogP) is 3.94. The van der Waals surface area contributed by atoms with Crippen LogP contribution in [-0.4, -0.2) is 41.4 Å². The second kappa shape index (κ2) is 7.19. The number of carbonyl (C=O) groups is 1. The molecular formula is C24H22F2N6O. The fourth-order valence-electron chi connectivity index (χ4n) is 5.57. The van der Waals surface area contributed by atoms with Crippen molar-refractivity contribution in [3.05, 3.63) is 65.1 Å². The number of pyridine rings is 1. The molecule has 2 atom stereocenters. The molecule has 1 amide bonds. The van der Waals surface area contributed by atoms with Gasteiger partial charge in [0, 0.05) is 43.5 Å². The van der Waals surface area contributed by atoms with Gasteiger partial charge in [-0.15, -0.1) is 0 Å². The summed E-state index contributed by atoms with van der Waals surface area (Å²) < 4.78 is 31.2. The van der Waals surface area contributed by atoms with Gasteiger partial charge in [-0.3, -0.25) is 9.48 Å². The van der Waals surface area contributed by atoms with Crippen LogP contribution in [0.3, 0.4) is 0 Å². The Morgan fingerprint density at radius 1 is 1.06 bits per heavy atom. The van der Waals surface area contributed by atoms with E-state index in [-0.39, 0.29) is 18.0 Å². The lowest BCUT2D eigenvalue weighted by Crippen LogP contribution is -2.50. The van der Waals surface area contributed by atoms with E-state index in [1.807, 2.05) is 11.0 Å². The number of hydrogen-bond donors (Lipinski definition) is 0. The number of rotatable bonds is 2. The number of benzene rings is 1. The van der Waals surface area contributed by atoms with E-state index in [4.69, 9.17) is 5.10 Å². The van der Waals surface area contributed by atoms with Crippen molar-refractivity contribution in [1.29, 1.82) is 0 Å². The van der Waals surface area contributed by atoms with E-state index in [2.05, 4.69) is 10.1 Å². The first-order valence-corrected chi connectivity index (χ1v) is 11.0. The highest BCUT2D eigenvalue weighted by atomic mass is 19.1. The monoisotopic (exact) mass is 448 g/mol. The van der Waals surface area contributed by atoms with Crippen molar-refractivity contribution in [3.8, 4) is 11.3 Å². The molecule has 0 unspecified atom stereocenters. The molecule has 168 valence electrons. The molecular weight excluding hydrogens is 426 g/mol. The average Bonchev–Trinajstić information content (AvgIpc) is 3.29. The van der Waals surface area contributed by atoms with Crippen LogP contribution in [0.5, 0.6) is 0 Å². The number of carbonyl (C=O) groups excluding carboxylic acids is 1. The Morgan fingerprint density at radius 3 is 2.64 bits per heavy atom. The van der Waals surface area contributed by atoms with Crippen LogP contribution in [0.25, 0.3) is 22.3 Å². The van der Waals surface area contributed by atoms with Crippen LogP contribution in [0.15, 0.2) is 36.5 Å². The number of nitrogens with zero attached hydrogens (tertiary/aromatic N) is 6. The zero-order chi connectivity index (χ0) is 22.9. The number of fused-ring (bicyclic) bond motifs is 5. The molecule has 9 heteroatoms. The van der Waals surface area contributed by atoms with Gasteiger partial charge in [-0.25, -0.2) is 18.4 Å². The summed E-state index contributed by atoms with van der Waals surface area (Å²) in [6.45, 7) is 0. The highest BCUT2D eigenvalue weighted by Gasteiger charge is 2.44. The van der Waals surface area contributed by atoms with Gasteiger partial charge in [0.15, 0.2) is 11.3 Å². The summed E-state index contributed by atoms with van der Waals surface area (Å²) in [5, 5.41) is 9.96. The zero-order valence-electron chi connectivity index (χ0n) is 18.3. The standard InChI is InChI=1S/C24H22F2N6O/c1-30-22(13-9-14(25)11-15(26)10-13)18-12-16-5-3-7-19(20(18)28-30)32(16)24(33)21-17-6-4-8-27-23(17)31(2)29-21/h4,6,8-11,16,19H,3,5,7,12H2,1-2H3/t16-,19+/m1/s1. The van der Waals surface area contributed by atoms with Gasteiger partial charge < -0.3 is 4.90 Å². The Bertz CT molecular complexity index is 1400. The number of aromatic nitrogens is 5. The Labute approximate surface area is 188 Å². The first-order chi connectivity index (χ1) is 15.9. The Balaban J connectivity index is 1.46. The number of aryl methyl sites for hydroxylation is 2. The topological polar surface area (TPSA) is 68.8 Å². The molecule has 3 aromatic heterocycles. The predicted molar refractivity (Wildman–Crippen MR) is 117 cm³/mol. The summed E-state index contributed by atoms with van der Waals surface area (Å²) in [6.07, 6.45) is 4.90. The molecule has 0 radical (unpaired) electrons. The number of amides is 1. The van der Waals surface area contributed by atoms with Crippen molar-refractivity contribution in [3.63, 3.8) is 0 Å². The van der Waals surface area contributed by atoms with Crippen LogP contribution in [0, 0.1) is 11.6 Å². The number of hydrogen-bond acceptors (Lipinski definition) is 4. The van der Waals surface area contributed by atoms with E-state index < -0.39 is 11.6 Å². The molecule has 2 bridgehead atoms. The largest absolute Gasteiger partial charge is 0.325 e. The minimum absolute atomic E-state index is 0.0289. The number of piperidine rings is 1. The molecule has 5 heterocycles. The van der Waals surface area contributed by atoms with E-state index in [1.54, 1.807) is 35.7 Å². The quantitative estimate of drug-likeness (QED) is 0.466. The molecule has 0 saturated carbocycles. The smallest absolute Gasteiger partial charge is 0.275 e. The first-order valence-electron chi connectivity index (χ1n) is 11.0. The molecule has 33 heavy (non-hydrogen) atoms. The summed E-state index contributed by atoms with van der Waals surface area (Å²) in [7, 11) is 3.56. The summed E-state index contributed by atoms with van der Waals surface area (Å²) in [5.74, 6) is -1.37. The summed E-state index contributed by atoms with van der Waals surface area (Å²) in [6, 6.07) is 6.98. The fourth-order valence-corrected chi connectivity index (χ4v) is 5.57. The highest BCUT2D eigenvalue weighted by Crippen LogP contribution is 2.45. The van der Waals surface area contributed by atoms with Crippen molar-refractivity contribution >= 4 is 16.9 Å². The van der Waals surface area contributed by atoms with Crippen molar-refractivity contribution in [2.24, 2.45) is 14.1 Å². The molecule has 0 aliphatic carbocycles. The fraction of sp³-hybridized carbons (Fsp3) is 0.333. The van der Waals surface area contributed by atoms with Gasteiger partial charge in [-0.05, 0) is 49.9 Å². The number of halogens is 2. The van der Waals surface area contributed by atoms with Gasteiger partial charge >= 0.3 is 0 Å². The average molecular weight is 448 g/mol. The highest BCUT2D eigenvalue weighted by molar-refractivity contribution is 6.04. The van der Waals surface area contributed by atoms with Gasteiger partial charge in [-0.1, -0.05) is 0 Å². The lowest BCUT2D eigenvalue weighted by Gasteiger charge is -2.45. The van der Waals surface area contributed by atoms with Crippen LogP contribution in [0.2, 0.25) is 0 Å². The third-order valence-electron chi connectivity index (χ3n) is 6.85. The van der Waals surface area contributed by atoms with E-state index in [1.165, 1.54) is 12.1 Å². The molecule has 2 aliphatic heterocycles. The van der Waals surface area contributed by atoms with Crippen molar-refractivity contribution in [2.75, 3.05) is 0 Å². The van der Waals surface area contributed by atoms with Crippen LogP contribution in [0.1, 0.15) is 47.1 Å². The molecule has 1 aromatic carbocycles. The maximum atomic E-state index is 14.0. The molecule has 2 aliphatic rings. The van der Waals surface area contributed by atoms with Gasteiger partial charge in [0.2, 0.25) is 0 Å². The van der Waals surface area contributed by atoms with E-state index >= 15 is 0 Å². The molecule has 4 aromatic rings. The lowest BCUT2D eigenvalue weighted by atomic mass is 9.81. The minimum Gasteiger partial charge on any atom is -0.325 e. The summed E-state index contributed by atoms with van der Waals surface area (Å²) >= 11 is 0. The summed E-state index contributed by atoms with van der Waals surface area (Å²) in [5.41, 5.74) is 4.00. The Kier molecular flexibility index (Phi) is 4.36. The van der Waals surface area contributed by atoms with Crippen LogP contribution in [0.4, 0.5) is 8.78 Å². The SMILES string of the molecule is Cn1nc2c(c1-c1cc(F)cc(F)c1)C[C@H]1CCC[C@@H]2N1C(=O)c1nn(C)c2ncccc12. The van der Waals surface area contributed by atoms with Crippen molar-refractivity contribution in [1.82, 2.24) is 29.4 Å². The third-order valence-corrected chi connectivity index (χ3v) is 6.85. The van der Waals surface area contributed by atoms with E-state index in [9.17, 15) is 13.6 Å². The summed E-state index contributed by atoms with van der Waals surface area (Å²) in [4.78, 5) is 20.1. The maximum absolute atomic E-state index is 14.0. The Morgan fingerprint density at radius 2 is 1.85 bits per heavy atom. The van der Waals surface area contributed by atoms with Crippen molar-refractivity contribution < 1.29 is 13.6 Å². The van der Waals surface area contributed by atoms with Gasteiger partial charge in [0.05, 0.1) is 22.8 Å². The van der Waals surface area contributed by atoms with Gasteiger partial charge in [0.1, 0.15) is 11.6 Å². The van der Waals surface area contributed by atoms with Crippen molar-refractivity contribution in [2.45, 2.75) is 37.8 Å². The minimum atomic E-state index is -0.622. The lowest BCUT2D eigenvalue weighted by molar-refractivity contribution is 0.0387. The van der Waals surface area contributed by atoms with Gasteiger partial charge in [-0.2, -0.15) is 10.2 Å². The van der Waals surface area contributed by atoms with E-state index in [0.29, 0.717) is 29.0 Å². The molecule has 6 rings (SSSR count). The molecule has 1 fully saturated rings.